The smallest absolute Gasteiger partial charge is 0.128 e. The van der Waals surface area contributed by atoms with Gasteiger partial charge in [0.2, 0.25) is 0 Å². The van der Waals surface area contributed by atoms with Gasteiger partial charge in [0.15, 0.2) is 0 Å². The maximum Gasteiger partial charge on any atom is 0.128 e. The number of hydrogen-bond donors (Lipinski definition) is 2. The van der Waals surface area contributed by atoms with E-state index in [0.717, 1.165) is 47.9 Å². The lowest BCUT2D eigenvalue weighted by Gasteiger charge is -2.28. The Balaban J connectivity index is 1.94. The molecule has 1 aliphatic rings. The van der Waals surface area contributed by atoms with Crippen LogP contribution in [-0.4, -0.2) is 34.7 Å². The summed E-state index contributed by atoms with van der Waals surface area (Å²) < 4.78 is 0. The van der Waals surface area contributed by atoms with Gasteiger partial charge in [0.25, 0.3) is 0 Å². The highest BCUT2D eigenvalue weighted by atomic mass is 16.3. The highest BCUT2D eigenvalue weighted by Crippen LogP contribution is 2.37. The second-order valence-electron chi connectivity index (χ2n) is 13.9. The van der Waals surface area contributed by atoms with Gasteiger partial charge in [-0.3, -0.25) is 9.98 Å². The van der Waals surface area contributed by atoms with Crippen molar-refractivity contribution in [3.8, 4) is 11.5 Å². The zero-order valence-corrected chi connectivity index (χ0v) is 24.7. The van der Waals surface area contributed by atoms with E-state index in [2.05, 4.69) is 86.6 Å². The van der Waals surface area contributed by atoms with Crippen molar-refractivity contribution in [2.45, 2.75) is 123 Å². The van der Waals surface area contributed by atoms with Crippen molar-refractivity contribution in [3.05, 3.63) is 57.6 Å². The molecule has 4 nitrogen and oxygen atoms in total. The largest absolute Gasteiger partial charge is 0.507 e. The molecule has 0 aromatic heterocycles. The molecule has 0 saturated heterocycles. The molecule has 0 aliphatic heterocycles. The standard InChI is InChI=1S/C33H48N2O2/c1-21-15-24(31(2,3)4)16-22(29(21)36)19-34-27-13-11-12-14-28(27)35-20-23-17-25(32(5,6)7)18-26(30(23)37)33(8,9)10/h15-20,27-28,36-37H,11-14H2,1-10H3. The monoisotopic (exact) mass is 504 g/mol. The zero-order chi connectivity index (χ0) is 27.8. The molecule has 0 spiro atoms. The maximum absolute atomic E-state index is 11.2. The molecule has 1 fully saturated rings. The predicted octanol–water partition coefficient (Wildman–Crippen LogP) is 8.15. The quantitative estimate of drug-likeness (QED) is 0.413. The summed E-state index contributed by atoms with van der Waals surface area (Å²) >= 11 is 0. The van der Waals surface area contributed by atoms with Gasteiger partial charge in [-0.05, 0) is 64.8 Å². The van der Waals surface area contributed by atoms with E-state index >= 15 is 0 Å². The van der Waals surface area contributed by atoms with E-state index in [-0.39, 0.29) is 28.3 Å². The Labute approximate surface area is 225 Å². The summed E-state index contributed by atoms with van der Waals surface area (Å²) in [7, 11) is 0. The molecule has 0 heterocycles. The molecule has 0 radical (unpaired) electrons. The number of phenols is 2. The van der Waals surface area contributed by atoms with Crippen LogP contribution < -0.4 is 0 Å². The van der Waals surface area contributed by atoms with Gasteiger partial charge in [0, 0.05) is 29.1 Å². The minimum atomic E-state index is -0.173. The van der Waals surface area contributed by atoms with E-state index in [1.807, 2.05) is 19.4 Å². The van der Waals surface area contributed by atoms with Crippen LogP contribution in [0.25, 0.3) is 0 Å². The Kier molecular flexibility index (Phi) is 8.32. The number of rotatable bonds is 4. The van der Waals surface area contributed by atoms with Gasteiger partial charge in [-0.1, -0.05) is 87.3 Å². The second kappa shape index (κ2) is 10.6. The van der Waals surface area contributed by atoms with Crippen LogP contribution >= 0.6 is 0 Å². The van der Waals surface area contributed by atoms with Gasteiger partial charge >= 0.3 is 0 Å². The molecular weight excluding hydrogens is 456 g/mol. The molecular formula is C33H48N2O2. The molecule has 2 atom stereocenters. The molecule has 2 aromatic rings. The molecule has 2 unspecified atom stereocenters. The van der Waals surface area contributed by atoms with E-state index in [0.29, 0.717) is 11.5 Å². The summed E-state index contributed by atoms with van der Waals surface area (Å²) in [5.74, 6) is 0.616. The van der Waals surface area contributed by atoms with E-state index in [9.17, 15) is 10.2 Å². The molecule has 1 saturated carbocycles. The average Bonchev–Trinajstić information content (AvgIpc) is 2.77. The Hall–Kier alpha value is -2.62. The number of aliphatic imine (C=N–C) groups is 2. The van der Waals surface area contributed by atoms with Crippen LogP contribution in [-0.2, 0) is 16.2 Å². The first-order valence-corrected chi connectivity index (χ1v) is 13.8. The van der Waals surface area contributed by atoms with Crippen LogP contribution in [0.2, 0.25) is 0 Å². The van der Waals surface area contributed by atoms with Crippen molar-refractivity contribution in [1.82, 2.24) is 0 Å². The van der Waals surface area contributed by atoms with Gasteiger partial charge < -0.3 is 10.2 Å². The Morgan fingerprint density at radius 3 is 1.51 bits per heavy atom. The minimum Gasteiger partial charge on any atom is -0.507 e. The van der Waals surface area contributed by atoms with Crippen LogP contribution in [0.15, 0.2) is 34.3 Å². The molecule has 1 aliphatic carbocycles. The number of hydrogen-bond acceptors (Lipinski definition) is 4. The topological polar surface area (TPSA) is 65.2 Å². The lowest BCUT2D eigenvalue weighted by molar-refractivity contribution is 0.390. The van der Waals surface area contributed by atoms with Gasteiger partial charge in [0.1, 0.15) is 11.5 Å². The zero-order valence-electron chi connectivity index (χ0n) is 24.7. The highest BCUT2D eigenvalue weighted by molar-refractivity contribution is 5.86. The fraction of sp³-hybridized carbons (Fsp3) is 0.576. The molecule has 4 heteroatoms. The van der Waals surface area contributed by atoms with Gasteiger partial charge in [0.05, 0.1) is 12.1 Å². The number of phenolic OH excluding ortho intramolecular Hbond substituents is 2. The Bertz CT molecular complexity index is 1170. The Morgan fingerprint density at radius 1 is 0.649 bits per heavy atom. The van der Waals surface area contributed by atoms with Crippen LogP contribution in [0.1, 0.15) is 121 Å². The normalized spacial score (nSPS) is 19.7. The molecule has 202 valence electrons. The summed E-state index contributed by atoms with van der Waals surface area (Å²) in [4.78, 5) is 9.94. The van der Waals surface area contributed by atoms with Gasteiger partial charge in [-0.25, -0.2) is 0 Å². The fourth-order valence-corrected chi connectivity index (χ4v) is 4.89. The number of nitrogens with zero attached hydrogens (tertiary/aromatic N) is 2. The van der Waals surface area contributed by atoms with Gasteiger partial charge in [-0.2, -0.15) is 0 Å². The van der Waals surface area contributed by atoms with Crippen LogP contribution in [0.3, 0.4) is 0 Å². The van der Waals surface area contributed by atoms with Crippen LogP contribution in [0.4, 0.5) is 0 Å². The fourth-order valence-electron chi connectivity index (χ4n) is 4.89. The molecule has 2 N–H and O–H groups in total. The van der Waals surface area contributed by atoms with Crippen LogP contribution in [0, 0.1) is 6.92 Å². The first-order valence-electron chi connectivity index (χ1n) is 13.8. The number of aromatic hydroxyl groups is 2. The lowest BCUT2D eigenvalue weighted by atomic mass is 9.79. The third-order valence-electron chi connectivity index (χ3n) is 7.51. The summed E-state index contributed by atoms with van der Waals surface area (Å²) in [5, 5.41) is 21.9. The molecule has 0 bridgehead atoms. The molecule has 0 amide bonds. The lowest BCUT2D eigenvalue weighted by Crippen LogP contribution is -2.27. The van der Waals surface area contributed by atoms with Crippen molar-refractivity contribution >= 4 is 12.4 Å². The van der Waals surface area contributed by atoms with Crippen molar-refractivity contribution < 1.29 is 10.2 Å². The van der Waals surface area contributed by atoms with Crippen molar-refractivity contribution in [3.63, 3.8) is 0 Å². The van der Waals surface area contributed by atoms with E-state index in [1.54, 1.807) is 0 Å². The third kappa shape index (κ3) is 7.03. The van der Waals surface area contributed by atoms with E-state index < -0.39 is 0 Å². The second-order valence-corrected chi connectivity index (χ2v) is 13.9. The summed E-state index contributed by atoms with van der Waals surface area (Å²) in [6, 6.07) is 8.43. The Morgan fingerprint density at radius 2 is 1.08 bits per heavy atom. The average molecular weight is 505 g/mol. The van der Waals surface area contributed by atoms with Crippen LogP contribution in [0.5, 0.6) is 11.5 Å². The summed E-state index contributed by atoms with van der Waals surface area (Å²) in [6.07, 6.45) is 7.89. The summed E-state index contributed by atoms with van der Waals surface area (Å²) in [5.41, 5.74) is 5.53. The van der Waals surface area contributed by atoms with E-state index in [4.69, 9.17) is 9.98 Å². The molecule has 37 heavy (non-hydrogen) atoms. The molecule has 3 rings (SSSR count). The first-order chi connectivity index (χ1) is 17.0. The van der Waals surface area contributed by atoms with Crippen molar-refractivity contribution in [2.75, 3.05) is 0 Å². The SMILES string of the molecule is Cc1cc(C(C)(C)C)cc(C=NC2CCCCC2N=Cc2cc(C(C)(C)C)cc(C(C)(C)C)c2O)c1O. The van der Waals surface area contributed by atoms with E-state index in [1.165, 1.54) is 11.1 Å². The number of aryl methyl sites for hydroxylation is 1. The first kappa shape index (κ1) is 28.9. The highest BCUT2D eigenvalue weighted by Gasteiger charge is 2.26. The third-order valence-corrected chi connectivity index (χ3v) is 7.51. The maximum atomic E-state index is 11.2. The predicted molar refractivity (Wildman–Crippen MR) is 158 cm³/mol. The van der Waals surface area contributed by atoms with Crippen molar-refractivity contribution in [2.24, 2.45) is 9.98 Å². The number of benzene rings is 2. The minimum absolute atomic E-state index is 0.00574. The molecule has 2 aromatic carbocycles. The summed E-state index contributed by atoms with van der Waals surface area (Å²) in [6.45, 7) is 21.5. The van der Waals surface area contributed by atoms with Crippen molar-refractivity contribution in [1.29, 1.82) is 0 Å². The van der Waals surface area contributed by atoms with Gasteiger partial charge in [-0.15, -0.1) is 0 Å².